The second-order valence-electron chi connectivity index (χ2n) is 7.57. The predicted molar refractivity (Wildman–Crippen MR) is 128 cm³/mol. The normalized spacial score (nSPS) is 11.3. The zero-order valence-electron chi connectivity index (χ0n) is 18.9. The van der Waals surface area contributed by atoms with Crippen LogP contribution in [0, 0.1) is 6.92 Å². The summed E-state index contributed by atoms with van der Waals surface area (Å²) in [6.07, 6.45) is 5.48. The lowest BCUT2D eigenvalue weighted by Gasteiger charge is -2.10. The number of aromatic nitrogens is 4. The Kier molecular flexibility index (Phi) is 8.00. The first-order chi connectivity index (χ1) is 15.9. The molecular formula is C23H27ClN6O3. The van der Waals surface area contributed by atoms with Crippen molar-refractivity contribution < 1.29 is 9.59 Å². The Hall–Kier alpha value is -3.46. The summed E-state index contributed by atoms with van der Waals surface area (Å²) >= 11 is 6.38. The van der Waals surface area contributed by atoms with Crippen LogP contribution in [0.25, 0.3) is 16.8 Å². The number of amides is 2. The quantitative estimate of drug-likeness (QED) is 0.388. The van der Waals surface area contributed by atoms with Gasteiger partial charge in [-0.15, -0.1) is 0 Å². The molecule has 2 amide bonds. The van der Waals surface area contributed by atoms with E-state index in [4.69, 9.17) is 11.6 Å². The van der Waals surface area contributed by atoms with Crippen LogP contribution >= 0.6 is 11.6 Å². The molecule has 0 atom stereocenters. The third kappa shape index (κ3) is 5.48. The maximum atomic E-state index is 12.8. The number of unbranched alkanes of at least 4 members (excludes halogenated alkanes) is 1. The lowest BCUT2D eigenvalue weighted by molar-refractivity contribution is -0.117. The topological polar surface area (TPSA) is 111 Å². The average molecular weight is 471 g/mol. The van der Waals surface area contributed by atoms with E-state index in [0.29, 0.717) is 46.7 Å². The van der Waals surface area contributed by atoms with Gasteiger partial charge in [0.05, 0.1) is 11.1 Å². The second-order valence-corrected chi connectivity index (χ2v) is 7.92. The van der Waals surface area contributed by atoms with Gasteiger partial charge in [-0.05, 0) is 31.9 Å². The van der Waals surface area contributed by atoms with E-state index in [1.165, 1.54) is 10.8 Å². The molecule has 3 rings (SSSR count). The minimum atomic E-state index is -0.626. The molecule has 0 unspecified atom stereocenters. The van der Waals surface area contributed by atoms with Crippen molar-refractivity contribution in [3.63, 3.8) is 0 Å². The van der Waals surface area contributed by atoms with E-state index < -0.39 is 11.8 Å². The fourth-order valence-corrected chi connectivity index (χ4v) is 3.68. The van der Waals surface area contributed by atoms with E-state index in [1.54, 1.807) is 35.0 Å². The van der Waals surface area contributed by atoms with Crippen LogP contribution in [0.3, 0.4) is 0 Å². The Morgan fingerprint density at radius 1 is 1.03 bits per heavy atom. The number of fused-ring (bicyclic) bond motifs is 1. The largest absolute Gasteiger partial charge is 0.290 e. The van der Waals surface area contributed by atoms with Gasteiger partial charge >= 0.3 is 0 Å². The maximum Gasteiger partial charge on any atom is 0.290 e. The molecule has 3 aromatic rings. The highest BCUT2D eigenvalue weighted by Crippen LogP contribution is 2.21. The van der Waals surface area contributed by atoms with Gasteiger partial charge in [0, 0.05) is 30.1 Å². The molecule has 2 N–H and O–H groups in total. The van der Waals surface area contributed by atoms with Crippen LogP contribution in [-0.2, 0) is 17.9 Å². The van der Waals surface area contributed by atoms with Crippen molar-refractivity contribution in [1.82, 2.24) is 30.4 Å². The Morgan fingerprint density at radius 2 is 1.76 bits per heavy atom. The number of nitrogens with zero attached hydrogens (tertiary/aromatic N) is 4. The number of rotatable bonds is 8. The number of carbonyl (C=O) groups excluding carboxylic acids is 2. The molecule has 0 spiro atoms. The molecule has 0 saturated heterocycles. The van der Waals surface area contributed by atoms with Crippen LogP contribution in [0.5, 0.6) is 0 Å². The Morgan fingerprint density at radius 3 is 2.45 bits per heavy atom. The Labute approximate surface area is 196 Å². The maximum absolute atomic E-state index is 12.8. The minimum Gasteiger partial charge on any atom is -0.268 e. The smallest absolute Gasteiger partial charge is 0.268 e. The van der Waals surface area contributed by atoms with E-state index in [9.17, 15) is 14.4 Å². The summed E-state index contributed by atoms with van der Waals surface area (Å²) in [5, 5.41) is 9.87. The summed E-state index contributed by atoms with van der Waals surface area (Å²) in [6.45, 7) is 6.89. The summed E-state index contributed by atoms with van der Waals surface area (Å²) in [6, 6.07) is 6.75. The van der Waals surface area contributed by atoms with Crippen molar-refractivity contribution in [3.8, 4) is 0 Å². The van der Waals surface area contributed by atoms with Gasteiger partial charge in [-0.3, -0.25) is 29.9 Å². The molecule has 174 valence electrons. The van der Waals surface area contributed by atoms with Crippen LogP contribution in [0.4, 0.5) is 0 Å². The first-order valence-electron chi connectivity index (χ1n) is 10.9. The molecule has 9 nitrogen and oxygen atoms in total. The number of halogens is 1. The molecule has 0 fully saturated rings. The summed E-state index contributed by atoms with van der Waals surface area (Å²) in [5.41, 5.74) is 5.84. The molecule has 0 radical (unpaired) electrons. The van der Waals surface area contributed by atoms with Crippen molar-refractivity contribution in [3.05, 3.63) is 62.8 Å². The van der Waals surface area contributed by atoms with Gasteiger partial charge in [0.2, 0.25) is 0 Å². The van der Waals surface area contributed by atoms with Gasteiger partial charge < -0.3 is 0 Å². The van der Waals surface area contributed by atoms with E-state index in [1.807, 2.05) is 13.8 Å². The lowest BCUT2D eigenvalue weighted by Crippen LogP contribution is -2.42. The molecule has 0 bridgehead atoms. The molecule has 2 aromatic heterocycles. The highest BCUT2D eigenvalue weighted by atomic mass is 35.5. The van der Waals surface area contributed by atoms with E-state index in [-0.39, 0.29) is 11.3 Å². The van der Waals surface area contributed by atoms with Gasteiger partial charge in [-0.25, -0.2) is 4.68 Å². The van der Waals surface area contributed by atoms with Crippen molar-refractivity contribution in [2.45, 2.75) is 53.1 Å². The SMILES string of the molecule is CCCCn1nc(C)c(/C=C/C(=O)NNC(=O)c2nn(CCC)c(=O)c3ccccc23)c1Cl. The summed E-state index contributed by atoms with van der Waals surface area (Å²) < 4.78 is 2.97. The first kappa shape index (κ1) is 24.2. The van der Waals surface area contributed by atoms with Gasteiger partial charge in [0.15, 0.2) is 5.69 Å². The Bertz CT molecular complexity index is 1260. The number of hydrogen-bond donors (Lipinski definition) is 2. The van der Waals surface area contributed by atoms with Crippen molar-refractivity contribution in [2.75, 3.05) is 0 Å². The summed E-state index contributed by atoms with van der Waals surface area (Å²) in [5.74, 6) is -1.18. The van der Waals surface area contributed by atoms with Crippen molar-refractivity contribution >= 4 is 40.3 Å². The predicted octanol–water partition coefficient (Wildman–Crippen LogP) is 3.24. The standard InChI is InChI=1S/C23H27ClN6O3/c1-4-6-14-29-21(24)16(15(3)27-29)11-12-19(31)25-26-22(32)20-17-9-7-8-10-18(17)23(33)30(28-20)13-5-2/h7-12H,4-6,13-14H2,1-3H3,(H,25,31)(H,26,32)/b12-11+. The molecule has 1 aromatic carbocycles. The van der Waals surface area contributed by atoms with E-state index >= 15 is 0 Å². The third-order valence-corrected chi connectivity index (χ3v) is 5.45. The second kappa shape index (κ2) is 10.9. The van der Waals surface area contributed by atoms with Gasteiger partial charge in [0.1, 0.15) is 5.15 Å². The fraction of sp³-hybridized carbons (Fsp3) is 0.348. The molecule has 10 heteroatoms. The van der Waals surface area contributed by atoms with Crippen LogP contribution < -0.4 is 16.4 Å². The molecule has 2 heterocycles. The zero-order chi connectivity index (χ0) is 24.0. The van der Waals surface area contributed by atoms with Gasteiger partial charge in [-0.2, -0.15) is 10.2 Å². The van der Waals surface area contributed by atoms with Crippen molar-refractivity contribution in [1.29, 1.82) is 0 Å². The number of carbonyl (C=O) groups is 2. The van der Waals surface area contributed by atoms with Crippen LogP contribution in [0.15, 0.2) is 35.1 Å². The number of aryl methyl sites for hydroxylation is 3. The highest BCUT2D eigenvalue weighted by molar-refractivity contribution is 6.31. The number of hydrogen-bond acceptors (Lipinski definition) is 5. The minimum absolute atomic E-state index is 0.0546. The van der Waals surface area contributed by atoms with Crippen molar-refractivity contribution in [2.24, 2.45) is 0 Å². The molecular weight excluding hydrogens is 444 g/mol. The van der Waals surface area contributed by atoms with E-state index in [0.717, 1.165) is 12.8 Å². The van der Waals surface area contributed by atoms with Crippen LogP contribution in [0.1, 0.15) is 54.9 Å². The number of benzene rings is 1. The monoisotopic (exact) mass is 470 g/mol. The highest BCUT2D eigenvalue weighted by Gasteiger charge is 2.17. The number of hydrazine groups is 1. The first-order valence-corrected chi connectivity index (χ1v) is 11.3. The molecule has 0 saturated carbocycles. The Balaban J connectivity index is 1.73. The summed E-state index contributed by atoms with van der Waals surface area (Å²) in [4.78, 5) is 37.6. The lowest BCUT2D eigenvalue weighted by atomic mass is 10.1. The molecule has 0 aliphatic heterocycles. The van der Waals surface area contributed by atoms with Gasteiger partial charge in [0.25, 0.3) is 17.4 Å². The summed E-state index contributed by atoms with van der Waals surface area (Å²) in [7, 11) is 0. The third-order valence-electron chi connectivity index (χ3n) is 5.05. The van der Waals surface area contributed by atoms with Crippen LogP contribution in [-0.4, -0.2) is 31.4 Å². The average Bonchev–Trinajstić information content (AvgIpc) is 3.08. The number of nitrogens with one attached hydrogen (secondary N) is 2. The fourth-order valence-electron chi connectivity index (χ4n) is 3.36. The zero-order valence-corrected chi connectivity index (χ0v) is 19.6. The van der Waals surface area contributed by atoms with E-state index in [2.05, 4.69) is 28.0 Å². The molecule has 0 aliphatic rings. The van der Waals surface area contributed by atoms with Gasteiger partial charge in [-0.1, -0.05) is 50.1 Å². The molecule has 33 heavy (non-hydrogen) atoms. The van der Waals surface area contributed by atoms with Crippen LogP contribution in [0.2, 0.25) is 5.15 Å². The molecule has 0 aliphatic carbocycles.